The van der Waals surface area contributed by atoms with Crippen molar-refractivity contribution in [3.8, 4) is 0 Å². The van der Waals surface area contributed by atoms with E-state index < -0.39 is 6.10 Å². The minimum absolute atomic E-state index is 0.0618. The smallest absolute Gasteiger partial charge is 0.306 e. The topological polar surface area (TPSA) is 78.9 Å². The Bertz CT molecular complexity index is 889. The summed E-state index contributed by atoms with van der Waals surface area (Å²) in [5, 5.41) is 0. The van der Waals surface area contributed by atoms with Gasteiger partial charge in [0.2, 0.25) is 0 Å². The number of carbonyl (C=O) groups is 3. The zero-order chi connectivity index (χ0) is 43.7. The predicted octanol–water partition coefficient (Wildman–Crippen LogP) is 17.6. The predicted molar refractivity (Wildman–Crippen MR) is 257 cm³/mol. The molecule has 0 fully saturated rings. The molecule has 0 aromatic carbocycles. The molecule has 6 nitrogen and oxygen atoms in total. The second-order valence-corrected chi connectivity index (χ2v) is 18.5. The molecule has 6 heteroatoms. The van der Waals surface area contributed by atoms with Crippen LogP contribution in [0.1, 0.15) is 310 Å². The Labute approximate surface area is 374 Å². The van der Waals surface area contributed by atoms with Crippen molar-refractivity contribution in [1.82, 2.24) is 0 Å². The van der Waals surface area contributed by atoms with Crippen molar-refractivity contribution in [2.75, 3.05) is 13.2 Å². The van der Waals surface area contributed by atoms with Gasteiger partial charge in [-0.1, -0.05) is 271 Å². The normalized spacial score (nSPS) is 11.8. The first-order valence-corrected chi connectivity index (χ1v) is 27.0. The highest BCUT2D eigenvalue weighted by molar-refractivity contribution is 5.71. The molecule has 0 saturated heterocycles. The van der Waals surface area contributed by atoms with Crippen LogP contribution >= 0.6 is 0 Å². The van der Waals surface area contributed by atoms with Crippen LogP contribution in [0.2, 0.25) is 0 Å². The van der Waals surface area contributed by atoms with E-state index in [1.54, 1.807) is 0 Å². The molecule has 60 heavy (non-hydrogen) atoms. The summed E-state index contributed by atoms with van der Waals surface area (Å²) in [7, 11) is 0. The van der Waals surface area contributed by atoms with Gasteiger partial charge in [0.15, 0.2) is 6.10 Å². The third-order valence-corrected chi connectivity index (χ3v) is 12.4. The van der Waals surface area contributed by atoms with Crippen molar-refractivity contribution < 1.29 is 28.6 Å². The van der Waals surface area contributed by atoms with Gasteiger partial charge in [-0.15, -0.1) is 0 Å². The zero-order valence-electron chi connectivity index (χ0n) is 40.8. The Morgan fingerprint density at radius 1 is 0.267 bits per heavy atom. The van der Waals surface area contributed by atoms with Crippen LogP contribution in [-0.2, 0) is 28.6 Å². The average Bonchev–Trinajstić information content (AvgIpc) is 3.24. The summed E-state index contributed by atoms with van der Waals surface area (Å²) in [5.41, 5.74) is 0. The fourth-order valence-electron chi connectivity index (χ4n) is 8.27. The number of rotatable bonds is 50. The highest BCUT2D eigenvalue weighted by atomic mass is 16.6. The Morgan fingerprint density at radius 2 is 0.450 bits per heavy atom. The lowest BCUT2D eigenvalue weighted by atomic mass is 10.0. The third kappa shape index (κ3) is 47.5. The Balaban J connectivity index is 4.21. The van der Waals surface area contributed by atoms with Crippen molar-refractivity contribution >= 4 is 17.9 Å². The van der Waals surface area contributed by atoms with Crippen LogP contribution in [-0.4, -0.2) is 37.2 Å². The van der Waals surface area contributed by atoms with Crippen molar-refractivity contribution in [3.63, 3.8) is 0 Å². The van der Waals surface area contributed by atoms with E-state index in [2.05, 4.69) is 20.8 Å². The quantitative estimate of drug-likeness (QED) is 0.0345. The summed E-state index contributed by atoms with van der Waals surface area (Å²) in [6.45, 7) is 6.67. The minimum atomic E-state index is -0.759. The molecule has 0 aromatic rings. The lowest BCUT2D eigenvalue weighted by Crippen LogP contribution is -2.30. The average molecular weight is 849 g/mol. The molecule has 1 unspecified atom stereocenters. The molecule has 0 aliphatic heterocycles. The molecule has 0 bridgehead atoms. The van der Waals surface area contributed by atoms with Crippen LogP contribution in [0.15, 0.2) is 0 Å². The van der Waals surface area contributed by atoms with E-state index in [4.69, 9.17) is 14.2 Å². The molecule has 0 amide bonds. The summed E-state index contributed by atoms with van der Waals surface area (Å²) in [4.78, 5) is 37.9. The molecule has 0 radical (unpaired) electrons. The van der Waals surface area contributed by atoms with Crippen molar-refractivity contribution in [1.29, 1.82) is 0 Å². The molecule has 1 atom stereocenters. The van der Waals surface area contributed by atoms with E-state index in [1.807, 2.05) is 0 Å². The number of esters is 3. The summed E-state index contributed by atoms with van der Waals surface area (Å²) in [6, 6.07) is 0. The van der Waals surface area contributed by atoms with Gasteiger partial charge in [0.1, 0.15) is 13.2 Å². The highest BCUT2D eigenvalue weighted by Gasteiger charge is 2.19. The van der Waals surface area contributed by atoms with Gasteiger partial charge < -0.3 is 14.2 Å². The van der Waals surface area contributed by atoms with Gasteiger partial charge >= 0.3 is 17.9 Å². The largest absolute Gasteiger partial charge is 0.462 e. The maximum absolute atomic E-state index is 12.8. The van der Waals surface area contributed by atoms with Gasteiger partial charge in [0.05, 0.1) is 0 Å². The molecule has 356 valence electrons. The molecule has 0 rings (SSSR count). The molecule has 0 aliphatic rings. The van der Waals surface area contributed by atoms with Crippen molar-refractivity contribution in [2.45, 2.75) is 316 Å². The fourth-order valence-corrected chi connectivity index (χ4v) is 8.27. The molecule has 0 saturated carbocycles. The minimum Gasteiger partial charge on any atom is -0.462 e. The second-order valence-electron chi connectivity index (χ2n) is 18.5. The summed E-state index contributed by atoms with van der Waals surface area (Å²) >= 11 is 0. The number of hydrogen-bond donors (Lipinski definition) is 0. The van der Waals surface area contributed by atoms with Crippen molar-refractivity contribution in [2.24, 2.45) is 0 Å². The molecule has 0 aromatic heterocycles. The van der Waals surface area contributed by atoms with Gasteiger partial charge in [-0.2, -0.15) is 0 Å². The number of hydrogen-bond acceptors (Lipinski definition) is 6. The third-order valence-electron chi connectivity index (χ3n) is 12.4. The lowest BCUT2D eigenvalue weighted by Gasteiger charge is -2.18. The van der Waals surface area contributed by atoms with E-state index in [-0.39, 0.29) is 31.1 Å². The molecular formula is C54H104O6. The number of unbranched alkanes of at least 4 members (excludes halogenated alkanes) is 39. The van der Waals surface area contributed by atoms with E-state index in [0.29, 0.717) is 19.3 Å². The first kappa shape index (κ1) is 58.4. The van der Waals surface area contributed by atoms with Gasteiger partial charge in [-0.05, 0) is 19.3 Å². The first-order valence-electron chi connectivity index (χ1n) is 27.0. The van der Waals surface area contributed by atoms with Gasteiger partial charge in [0.25, 0.3) is 0 Å². The Hall–Kier alpha value is -1.59. The number of ether oxygens (including phenoxy) is 3. The molecule has 0 aliphatic carbocycles. The van der Waals surface area contributed by atoms with E-state index in [0.717, 1.165) is 57.8 Å². The van der Waals surface area contributed by atoms with Crippen molar-refractivity contribution in [3.05, 3.63) is 0 Å². The summed E-state index contributed by atoms with van der Waals surface area (Å²) in [6.07, 6.45) is 53.8. The lowest BCUT2D eigenvalue weighted by molar-refractivity contribution is -0.167. The molecular weight excluding hydrogens is 745 g/mol. The Kier molecular flexibility index (Phi) is 48.7. The Morgan fingerprint density at radius 3 is 0.667 bits per heavy atom. The maximum Gasteiger partial charge on any atom is 0.306 e. The molecule has 0 heterocycles. The molecule has 0 N–H and O–H groups in total. The van der Waals surface area contributed by atoms with Gasteiger partial charge in [-0.25, -0.2) is 0 Å². The molecule has 0 spiro atoms. The highest BCUT2D eigenvalue weighted by Crippen LogP contribution is 2.17. The zero-order valence-corrected chi connectivity index (χ0v) is 40.8. The standard InChI is InChI=1S/C54H104O6/c1-4-7-10-13-16-19-21-23-25-26-27-28-29-31-32-35-38-41-44-47-53(56)59-50-51(49-58-52(55)46-43-40-37-34-18-15-12-9-6-3)60-54(57)48-45-42-39-36-33-30-24-22-20-17-14-11-8-5-2/h51H,4-50H2,1-3H3. The number of carbonyl (C=O) groups excluding carboxylic acids is 3. The summed E-state index contributed by atoms with van der Waals surface area (Å²) < 4.78 is 16.8. The fraction of sp³-hybridized carbons (Fsp3) is 0.944. The van der Waals surface area contributed by atoms with Crippen LogP contribution in [0.25, 0.3) is 0 Å². The van der Waals surface area contributed by atoms with E-state index in [9.17, 15) is 14.4 Å². The van der Waals surface area contributed by atoms with Crippen LogP contribution < -0.4 is 0 Å². The van der Waals surface area contributed by atoms with Crippen LogP contribution in [0.3, 0.4) is 0 Å². The van der Waals surface area contributed by atoms with Crippen LogP contribution in [0.4, 0.5) is 0 Å². The van der Waals surface area contributed by atoms with E-state index in [1.165, 1.54) is 212 Å². The van der Waals surface area contributed by atoms with Gasteiger partial charge in [0, 0.05) is 19.3 Å². The summed E-state index contributed by atoms with van der Waals surface area (Å²) in [5.74, 6) is -0.842. The first-order chi connectivity index (χ1) is 29.5. The maximum atomic E-state index is 12.8. The van der Waals surface area contributed by atoms with Gasteiger partial charge in [-0.3, -0.25) is 14.4 Å². The van der Waals surface area contributed by atoms with E-state index >= 15 is 0 Å². The van der Waals surface area contributed by atoms with Crippen LogP contribution in [0.5, 0.6) is 0 Å². The van der Waals surface area contributed by atoms with Crippen LogP contribution in [0, 0.1) is 0 Å². The monoisotopic (exact) mass is 849 g/mol. The second kappa shape index (κ2) is 50.1. The SMILES string of the molecule is CCCCCCCCCCCCCCCCCCCCCC(=O)OCC(COC(=O)CCCCCCCCCCC)OC(=O)CCCCCCCCCCCCCCCC.